The first-order chi connectivity index (χ1) is 9.40. The fraction of sp³-hybridized carbons (Fsp3) is 0.364. The van der Waals surface area contributed by atoms with Crippen molar-refractivity contribution >= 4 is 12.0 Å². The molecule has 0 unspecified atom stereocenters. The van der Waals surface area contributed by atoms with E-state index < -0.39 is 19.0 Å². The number of ether oxygens (including phenoxy) is 1. The van der Waals surface area contributed by atoms with E-state index in [1.165, 1.54) is 35.6 Å². The maximum atomic E-state index is 12.7. The van der Waals surface area contributed by atoms with Crippen molar-refractivity contribution in [3.05, 3.63) is 24.3 Å². The summed E-state index contributed by atoms with van der Waals surface area (Å²) in [5, 5.41) is 11.5. The van der Waals surface area contributed by atoms with Gasteiger partial charge in [-0.25, -0.2) is 18.8 Å². The normalized spacial score (nSPS) is 15.3. The summed E-state index contributed by atoms with van der Waals surface area (Å²) >= 11 is 0. The highest BCUT2D eigenvalue weighted by Crippen LogP contribution is 2.26. The molecule has 9 heteroatoms. The van der Waals surface area contributed by atoms with Gasteiger partial charge in [0.1, 0.15) is 18.8 Å². The zero-order valence-electron chi connectivity index (χ0n) is 10.1. The van der Waals surface area contributed by atoms with Gasteiger partial charge in [0.25, 0.3) is 0 Å². The molecule has 0 aliphatic carbocycles. The molecule has 0 aromatic heterocycles. The molecule has 1 heterocycles. The van der Waals surface area contributed by atoms with Gasteiger partial charge < -0.3 is 4.74 Å². The molecule has 1 aromatic carbocycles. The number of hydrogen-bond acceptors (Lipinski definition) is 5. The predicted molar refractivity (Wildman–Crippen MR) is 62.4 cm³/mol. The second-order valence-electron chi connectivity index (χ2n) is 4.00. The highest BCUT2D eigenvalue weighted by atomic mass is 19.3. The van der Waals surface area contributed by atoms with Crippen molar-refractivity contribution < 1.29 is 27.5 Å². The first kappa shape index (κ1) is 14.4. The molecule has 0 atom stereocenters. The van der Waals surface area contributed by atoms with Gasteiger partial charge in [-0.15, -0.1) is 5.17 Å². The average molecular weight is 293 g/mol. The summed E-state index contributed by atoms with van der Waals surface area (Å²) in [5.74, 6) is -4.16. The third-order valence-corrected chi connectivity index (χ3v) is 2.53. The molecule has 1 N–H and O–H groups in total. The summed E-state index contributed by atoms with van der Waals surface area (Å²) in [6.07, 6.45) is -2.57. The van der Waals surface area contributed by atoms with E-state index in [-0.39, 0.29) is 12.4 Å². The summed E-state index contributed by atoms with van der Waals surface area (Å²) in [7, 11) is 0. The van der Waals surface area contributed by atoms with Crippen LogP contribution in [0.4, 0.5) is 23.2 Å². The van der Waals surface area contributed by atoms with Crippen molar-refractivity contribution in [3.8, 4) is 5.75 Å². The van der Waals surface area contributed by atoms with Crippen molar-refractivity contribution in [3.63, 3.8) is 0 Å². The molecule has 2 rings (SSSR count). The van der Waals surface area contributed by atoms with Crippen LogP contribution in [-0.4, -0.2) is 42.3 Å². The van der Waals surface area contributed by atoms with Crippen LogP contribution in [0.5, 0.6) is 5.75 Å². The molecule has 0 saturated carbocycles. The van der Waals surface area contributed by atoms with Gasteiger partial charge in [-0.05, 0) is 24.3 Å². The lowest BCUT2D eigenvalue weighted by atomic mass is 10.3. The predicted octanol–water partition coefficient (Wildman–Crippen LogP) is 2.38. The Bertz CT molecular complexity index is 481. The van der Waals surface area contributed by atoms with Crippen LogP contribution in [0.25, 0.3) is 0 Å². The third-order valence-electron chi connectivity index (χ3n) is 2.53. The topological polar surface area (TPSA) is 48.3 Å². The highest BCUT2D eigenvalue weighted by Gasteiger charge is 2.41. The molecule has 0 saturated heterocycles. The zero-order chi connectivity index (χ0) is 14.8. The van der Waals surface area contributed by atoms with Crippen LogP contribution >= 0.6 is 0 Å². The van der Waals surface area contributed by atoms with Gasteiger partial charge in [0.15, 0.2) is 6.61 Å². The molecule has 0 amide bonds. The summed E-state index contributed by atoms with van der Waals surface area (Å²) in [6.45, 7) is -1.19. The second kappa shape index (κ2) is 5.53. The number of rotatable bonds is 5. The minimum Gasteiger partial charge on any atom is -0.487 e. The Morgan fingerprint density at radius 3 is 2.45 bits per heavy atom. The van der Waals surface area contributed by atoms with Gasteiger partial charge in [-0.1, -0.05) is 0 Å². The molecule has 1 aliphatic rings. The summed E-state index contributed by atoms with van der Waals surface area (Å²) in [5.41, 5.74) is 0.540. The molecule has 5 nitrogen and oxygen atoms in total. The van der Waals surface area contributed by atoms with Crippen LogP contribution < -0.4 is 9.75 Å². The van der Waals surface area contributed by atoms with Gasteiger partial charge in [-0.3, -0.25) is 5.21 Å². The standard InChI is InChI=1S/C11H11F4N3O2/c12-10(13)11(14,15)5-20-9-3-1-8(2-4-9)17-6-16-7-18(17)19/h1-4,7,10,19H,5-6H2. The van der Waals surface area contributed by atoms with Crippen LogP contribution in [0, 0.1) is 0 Å². The van der Waals surface area contributed by atoms with E-state index in [4.69, 9.17) is 0 Å². The van der Waals surface area contributed by atoms with Gasteiger partial charge in [0.2, 0.25) is 0 Å². The average Bonchev–Trinajstić information content (AvgIpc) is 2.83. The number of alkyl halides is 4. The Morgan fingerprint density at radius 1 is 1.30 bits per heavy atom. The number of halogens is 4. The maximum absolute atomic E-state index is 12.7. The summed E-state index contributed by atoms with van der Waals surface area (Å²) in [4.78, 5) is 3.80. The minimum atomic E-state index is -4.19. The number of hydrogen-bond donors (Lipinski definition) is 1. The maximum Gasteiger partial charge on any atom is 0.340 e. The first-order valence-electron chi connectivity index (χ1n) is 5.54. The molecule has 110 valence electrons. The fourth-order valence-electron chi connectivity index (χ4n) is 1.47. The summed E-state index contributed by atoms with van der Waals surface area (Å²) < 4.78 is 53.8. The van der Waals surface area contributed by atoms with Gasteiger partial charge in [-0.2, -0.15) is 8.78 Å². The van der Waals surface area contributed by atoms with Crippen LogP contribution in [0.3, 0.4) is 0 Å². The van der Waals surface area contributed by atoms with E-state index in [1.54, 1.807) is 0 Å². The molecule has 0 radical (unpaired) electrons. The number of hydroxylamine groups is 1. The Hall–Kier alpha value is -2.03. The number of hydrazine groups is 1. The fourth-order valence-corrected chi connectivity index (χ4v) is 1.47. The number of aliphatic imine (C=N–C) groups is 1. The number of nitrogens with zero attached hydrogens (tertiary/aromatic N) is 3. The van der Waals surface area contributed by atoms with Crippen LogP contribution in [0.2, 0.25) is 0 Å². The van der Waals surface area contributed by atoms with Gasteiger partial charge >= 0.3 is 12.3 Å². The SMILES string of the molecule is ON1C=NCN1c1ccc(OCC(F)(F)C(F)F)cc1. The lowest BCUT2D eigenvalue weighted by molar-refractivity contribution is -0.148. The van der Waals surface area contributed by atoms with E-state index in [9.17, 15) is 22.8 Å². The van der Waals surface area contributed by atoms with Gasteiger partial charge in [0, 0.05) is 0 Å². The van der Waals surface area contributed by atoms with Crippen molar-refractivity contribution in [1.82, 2.24) is 5.17 Å². The third kappa shape index (κ3) is 3.10. The van der Waals surface area contributed by atoms with Crippen molar-refractivity contribution in [2.75, 3.05) is 18.3 Å². The first-order valence-corrected chi connectivity index (χ1v) is 5.54. The van der Waals surface area contributed by atoms with Crippen molar-refractivity contribution in [1.29, 1.82) is 0 Å². The molecule has 0 spiro atoms. The molecular formula is C11H11F4N3O2. The van der Waals surface area contributed by atoms with Crippen molar-refractivity contribution in [2.45, 2.75) is 12.3 Å². The molecule has 20 heavy (non-hydrogen) atoms. The largest absolute Gasteiger partial charge is 0.487 e. The molecule has 1 aliphatic heterocycles. The quantitative estimate of drug-likeness (QED) is 0.847. The van der Waals surface area contributed by atoms with Crippen LogP contribution in [0.1, 0.15) is 0 Å². The van der Waals surface area contributed by atoms with E-state index in [0.717, 1.165) is 5.17 Å². The van der Waals surface area contributed by atoms with Crippen LogP contribution in [-0.2, 0) is 0 Å². The van der Waals surface area contributed by atoms with E-state index in [1.807, 2.05) is 0 Å². The smallest absolute Gasteiger partial charge is 0.340 e. The Labute approximate surface area is 111 Å². The number of anilines is 1. The Balaban J connectivity index is 1.95. The van der Waals surface area contributed by atoms with E-state index in [0.29, 0.717) is 5.69 Å². The van der Waals surface area contributed by atoms with E-state index in [2.05, 4.69) is 9.73 Å². The van der Waals surface area contributed by atoms with Crippen molar-refractivity contribution in [2.24, 2.45) is 4.99 Å². The second-order valence-corrected chi connectivity index (χ2v) is 4.00. The Kier molecular flexibility index (Phi) is 3.98. The van der Waals surface area contributed by atoms with E-state index >= 15 is 0 Å². The summed E-state index contributed by atoms with van der Waals surface area (Å²) in [6, 6.07) is 5.63. The lowest BCUT2D eigenvalue weighted by Gasteiger charge is -2.23. The molecule has 1 aromatic rings. The minimum absolute atomic E-state index is 0.0266. The Morgan fingerprint density at radius 2 is 1.95 bits per heavy atom. The molecule has 0 bridgehead atoms. The van der Waals surface area contributed by atoms with Crippen LogP contribution in [0.15, 0.2) is 29.3 Å². The molecule has 0 fully saturated rings. The lowest BCUT2D eigenvalue weighted by Crippen LogP contribution is -2.34. The molecular weight excluding hydrogens is 282 g/mol. The highest BCUT2D eigenvalue weighted by molar-refractivity contribution is 5.62. The number of benzene rings is 1. The zero-order valence-corrected chi connectivity index (χ0v) is 10.1. The van der Waals surface area contributed by atoms with Gasteiger partial charge in [0.05, 0.1) is 5.69 Å². The monoisotopic (exact) mass is 293 g/mol.